The molecule has 0 bridgehead atoms. The highest BCUT2D eigenvalue weighted by atomic mass is 16.6. The van der Waals surface area contributed by atoms with Gasteiger partial charge in [0.2, 0.25) is 0 Å². The fourth-order valence-electron chi connectivity index (χ4n) is 3.92. The van der Waals surface area contributed by atoms with Gasteiger partial charge < -0.3 is 44.8 Å². The van der Waals surface area contributed by atoms with Crippen molar-refractivity contribution in [1.29, 1.82) is 0 Å². The largest absolute Gasteiger partial charge is 0.478 e. The van der Waals surface area contributed by atoms with E-state index in [1.807, 2.05) is 0 Å². The van der Waals surface area contributed by atoms with Crippen molar-refractivity contribution in [3.05, 3.63) is 105 Å². The zero-order valence-corrected chi connectivity index (χ0v) is 23.8. The Hall–Kier alpha value is -7.11. The molecule has 0 aliphatic rings. The first-order valence-electron chi connectivity index (χ1n) is 12.9. The van der Waals surface area contributed by atoms with Crippen LogP contribution in [0.5, 0.6) is 0 Å². The molecule has 6 N–H and O–H groups in total. The van der Waals surface area contributed by atoms with Gasteiger partial charge in [0.25, 0.3) is 0 Å². The number of hydrogen-bond donors (Lipinski definition) is 6. The maximum atomic E-state index is 13.1. The first-order valence-corrected chi connectivity index (χ1v) is 12.9. The molecule has 0 amide bonds. The van der Waals surface area contributed by atoms with Crippen molar-refractivity contribution >= 4 is 53.7 Å². The average molecular weight is 668 g/mol. The molecule has 0 heterocycles. The molecule has 3 aromatic rings. The molecule has 0 aliphatic heterocycles. The summed E-state index contributed by atoms with van der Waals surface area (Å²) in [5, 5.41) is 56.0. The van der Waals surface area contributed by atoms with Crippen LogP contribution in [0.2, 0.25) is 0 Å². The smallest absolute Gasteiger partial charge is 0.339 e. The van der Waals surface area contributed by atoms with Crippen LogP contribution in [0.3, 0.4) is 0 Å². The maximum absolute atomic E-state index is 13.1. The lowest BCUT2D eigenvalue weighted by Gasteiger charge is -2.19. The predicted molar refractivity (Wildman–Crippen MR) is 151 cm³/mol. The van der Waals surface area contributed by atoms with Gasteiger partial charge in [0.05, 0.1) is 50.1 Å². The van der Waals surface area contributed by atoms with Crippen molar-refractivity contribution in [2.45, 2.75) is 6.10 Å². The molecule has 0 aromatic heterocycles. The normalized spacial score (nSPS) is 10.4. The molecule has 0 saturated carbocycles. The molecule has 0 spiro atoms. The van der Waals surface area contributed by atoms with Gasteiger partial charge in [-0.3, -0.25) is 0 Å². The lowest BCUT2D eigenvalue weighted by Crippen LogP contribution is -2.32. The van der Waals surface area contributed by atoms with Crippen molar-refractivity contribution in [2.75, 3.05) is 13.2 Å². The highest BCUT2D eigenvalue weighted by Crippen LogP contribution is 2.19. The Morgan fingerprint density at radius 2 is 0.708 bits per heavy atom. The van der Waals surface area contributed by atoms with Gasteiger partial charge >= 0.3 is 53.7 Å². The number of carbonyl (C=O) groups is 9. The molecule has 18 nitrogen and oxygen atoms in total. The van der Waals surface area contributed by atoms with E-state index in [0.29, 0.717) is 18.2 Å². The molecule has 0 unspecified atom stereocenters. The summed E-state index contributed by atoms with van der Waals surface area (Å²) in [5.41, 5.74) is -6.02. The lowest BCUT2D eigenvalue weighted by molar-refractivity contribution is -0.0255. The molecule has 3 rings (SSSR count). The van der Waals surface area contributed by atoms with Gasteiger partial charge in [-0.25, -0.2) is 43.2 Å². The molecule has 48 heavy (non-hydrogen) atoms. The van der Waals surface area contributed by atoms with Crippen LogP contribution in [0.1, 0.15) is 93.2 Å². The molecule has 0 saturated heterocycles. The highest BCUT2D eigenvalue weighted by Gasteiger charge is 2.28. The van der Waals surface area contributed by atoms with Crippen molar-refractivity contribution < 1.29 is 88.0 Å². The second-order valence-corrected chi connectivity index (χ2v) is 9.34. The van der Waals surface area contributed by atoms with E-state index in [-0.39, 0.29) is 0 Å². The van der Waals surface area contributed by atoms with Gasteiger partial charge in [0, 0.05) is 0 Å². The summed E-state index contributed by atoms with van der Waals surface area (Å²) in [4.78, 5) is 108. The van der Waals surface area contributed by atoms with Crippen LogP contribution in [-0.2, 0) is 14.2 Å². The highest BCUT2D eigenvalue weighted by molar-refractivity contribution is 6.06. The average Bonchev–Trinajstić information content (AvgIpc) is 3.04. The van der Waals surface area contributed by atoms with Gasteiger partial charge in [-0.2, -0.15) is 0 Å². The Morgan fingerprint density at radius 3 is 0.979 bits per heavy atom. The minimum Gasteiger partial charge on any atom is -0.478 e. The van der Waals surface area contributed by atoms with E-state index in [0.717, 1.165) is 36.4 Å². The molecule has 0 atom stereocenters. The van der Waals surface area contributed by atoms with E-state index in [2.05, 4.69) is 0 Å². The number of esters is 3. The Bertz CT molecular complexity index is 1800. The third kappa shape index (κ3) is 8.33. The van der Waals surface area contributed by atoms with Gasteiger partial charge in [0.1, 0.15) is 13.2 Å². The SMILES string of the molecule is O=C(O)c1ccc(C(=O)O)c(C(=O)OCC(COC(=O)c2cc(C(=O)O)ccc2C(=O)O)OC(=O)c2cc(C(=O)O)ccc2C(=O)O)c1. The quantitative estimate of drug-likeness (QED) is 0.106. The Morgan fingerprint density at radius 1 is 0.417 bits per heavy atom. The van der Waals surface area contributed by atoms with Gasteiger partial charge in [-0.15, -0.1) is 0 Å². The topological polar surface area (TPSA) is 303 Å². The van der Waals surface area contributed by atoms with Crippen LogP contribution < -0.4 is 0 Å². The van der Waals surface area contributed by atoms with E-state index in [1.54, 1.807) is 0 Å². The van der Waals surface area contributed by atoms with E-state index in [1.165, 1.54) is 0 Å². The second-order valence-electron chi connectivity index (χ2n) is 9.34. The van der Waals surface area contributed by atoms with Crippen LogP contribution in [0.15, 0.2) is 54.6 Å². The molecular weight excluding hydrogens is 648 g/mol. The summed E-state index contributed by atoms with van der Waals surface area (Å²) in [6.07, 6.45) is -1.90. The standard InChI is InChI=1S/C30H20O18/c31-22(32)12-1-4-16(25(37)38)19(7-12)28(43)46-10-15(48-30(45)21-9-14(24(35)36)3-6-18(21)27(41)42)11-47-29(44)20-8-13(23(33)34)2-5-17(20)26(39)40/h1-9,15H,10-11H2,(H,31,32)(H,33,34)(H,35,36)(H,37,38)(H,39,40)(H,41,42). The summed E-state index contributed by atoms with van der Waals surface area (Å²) >= 11 is 0. The number of benzene rings is 3. The first-order chi connectivity index (χ1) is 22.5. The van der Waals surface area contributed by atoms with Gasteiger partial charge in [-0.05, 0) is 54.6 Å². The molecule has 0 radical (unpaired) electrons. The molecule has 18 heteroatoms. The Kier molecular flexibility index (Phi) is 10.9. The number of carboxylic acid groups (broad SMARTS) is 6. The van der Waals surface area contributed by atoms with Crippen molar-refractivity contribution in [1.82, 2.24) is 0 Å². The molecule has 3 aromatic carbocycles. The molecule has 0 fully saturated rings. The zero-order chi connectivity index (χ0) is 35.9. The third-order valence-electron chi connectivity index (χ3n) is 6.22. The minimum absolute atomic E-state index is 0.513. The number of carboxylic acids is 6. The number of carbonyl (C=O) groups excluding carboxylic acids is 3. The Labute approximate surface area is 265 Å². The monoisotopic (exact) mass is 668 g/mol. The first kappa shape index (κ1) is 35.4. The van der Waals surface area contributed by atoms with Crippen LogP contribution >= 0.6 is 0 Å². The van der Waals surface area contributed by atoms with Crippen LogP contribution in [0, 0.1) is 0 Å². The van der Waals surface area contributed by atoms with E-state index in [4.69, 9.17) is 14.2 Å². The van der Waals surface area contributed by atoms with Crippen molar-refractivity contribution in [3.63, 3.8) is 0 Å². The minimum atomic E-state index is -1.90. The van der Waals surface area contributed by atoms with Crippen LogP contribution in [0.4, 0.5) is 0 Å². The Balaban J connectivity index is 1.97. The van der Waals surface area contributed by atoms with E-state index >= 15 is 0 Å². The van der Waals surface area contributed by atoms with Crippen LogP contribution in [0.25, 0.3) is 0 Å². The van der Waals surface area contributed by atoms with E-state index < -0.39 is 123 Å². The van der Waals surface area contributed by atoms with Crippen molar-refractivity contribution in [2.24, 2.45) is 0 Å². The fraction of sp³-hybridized carbons (Fsp3) is 0.100. The third-order valence-corrected chi connectivity index (χ3v) is 6.22. The number of ether oxygens (including phenoxy) is 3. The molecule has 0 aliphatic carbocycles. The number of aromatic carboxylic acids is 6. The molecule has 248 valence electrons. The van der Waals surface area contributed by atoms with Crippen LogP contribution in [-0.4, -0.2) is 104 Å². The number of hydrogen-bond acceptors (Lipinski definition) is 12. The van der Waals surface area contributed by atoms with Crippen molar-refractivity contribution in [3.8, 4) is 0 Å². The van der Waals surface area contributed by atoms with Gasteiger partial charge in [0.15, 0.2) is 6.10 Å². The maximum Gasteiger partial charge on any atom is 0.339 e. The summed E-state index contributed by atoms with van der Waals surface area (Å²) < 4.78 is 15.1. The van der Waals surface area contributed by atoms with Gasteiger partial charge in [-0.1, -0.05) is 0 Å². The summed E-state index contributed by atoms with van der Waals surface area (Å²) in [6.45, 7) is -2.17. The predicted octanol–water partition coefficient (Wildman–Crippen LogP) is 2.12. The summed E-state index contributed by atoms with van der Waals surface area (Å²) in [7, 11) is 0. The summed E-state index contributed by atoms with van der Waals surface area (Å²) in [5.74, 6) is -14.1. The number of rotatable bonds is 14. The summed E-state index contributed by atoms with van der Waals surface area (Å²) in [6, 6.07) is 7.04. The van der Waals surface area contributed by atoms with E-state index in [9.17, 15) is 73.8 Å². The fourth-order valence-corrected chi connectivity index (χ4v) is 3.92. The lowest BCUT2D eigenvalue weighted by atomic mass is 10.0. The second kappa shape index (κ2) is 14.8. The molecular formula is C30H20O18. The zero-order valence-electron chi connectivity index (χ0n) is 23.8.